The Morgan fingerprint density at radius 1 is 1.26 bits per heavy atom. The Bertz CT molecular complexity index is 807. The number of rotatable bonds is 2. The Morgan fingerprint density at radius 3 is 2.70 bits per heavy atom. The molecule has 0 amide bonds. The summed E-state index contributed by atoms with van der Waals surface area (Å²) in [5, 5.41) is 4.08. The van der Waals surface area contributed by atoms with Crippen molar-refractivity contribution in [2.24, 2.45) is 4.99 Å². The lowest BCUT2D eigenvalue weighted by molar-refractivity contribution is -0.142. The molecule has 1 heterocycles. The van der Waals surface area contributed by atoms with Crippen molar-refractivity contribution >= 4 is 23.4 Å². The van der Waals surface area contributed by atoms with Gasteiger partial charge in [0.2, 0.25) is 6.08 Å². The van der Waals surface area contributed by atoms with Crippen LogP contribution in [0.2, 0.25) is 5.02 Å². The topological polar surface area (TPSA) is 47.2 Å². The molecular formula is C15H11ClF3N3O. The van der Waals surface area contributed by atoms with Crippen LogP contribution in [0.4, 0.5) is 18.9 Å². The molecule has 0 unspecified atom stereocenters. The number of isocyanates is 1. The van der Waals surface area contributed by atoms with Crippen LogP contribution in [0.1, 0.15) is 29.8 Å². The molecule has 23 heavy (non-hydrogen) atoms. The van der Waals surface area contributed by atoms with Gasteiger partial charge in [0, 0.05) is 16.3 Å². The first kappa shape index (κ1) is 15.8. The number of nitrogens with zero attached hydrogens (tertiary/aromatic N) is 3. The fourth-order valence-corrected chi connectivity index (χ4v) is 3.01. The zero-order valence-corrected chi connectivity index (χ0v) is 12.6. The van der Waals surface area contributed by atoms with Gasteiger partial charge in [0.1, 0.15) is 5.69 Å². The fraction of sp³-hybridized carbons (Fsp3) is 0.333. The van der Waals surface area contributed by atoms with E-state index in [1.165, 1.54) is 29.0 Å². The summed E-state index contributed by atoms with van der Waals surface area (Å²) in [6.45, 7) is 0. The van der Waals surface area contributed by atoms with Crippen molar-refractivity contribution in [2.75, 3.05) is 0 Å². The highest BCUT2D eigenvalue weighted by Gasteiger charge is 2.39. The van der Waals surface area contributed by atoms with Crippen molar-refractivity contribution in [3.8, 4) is 5.69 Å². The number of carbonyl (C=O) groups excluding carboxylic acids is 1. The molecule has 0 saturated carbocycles. The molecule has 0 bridgehead atoms. The Balaban J connectivity index is 2.25. The Hall–Kier alpha value is -2.11. The molecule has 0 aliphatic heterocycles. The number of fused-ring (bicyclic) bond motifs is 1. The summed E-state index contributed by atoms with van der Waals surface area (Å²) in [5.74, 6) is 0. The molecule has 0 fully saturated rings. The van der Waals surface area contributed by atoms with E-state index in [0.29, 0.717) is 30.0 Å². The molecule has 2 aromatic rings. The average Bonchev–Trinajstić information content (AvgIpc) is 2.88. The number of aromatic nitrogens is 2. The fourth-order valence-electron chi connectivity index (χ4n) is 2.84. The van der Waals surface area contributed by atoms with Crippen LogP contribution in [0.15, 0.2) is 23.2 Å². The molecular weight excluding hydrogens is 331 g/mol. The first-order valence-corrected chi connectivity index (χ1v) is 7.35. The molecule has 1 aromatic heterocycles. The van der Waals surface area contributed by atoms with Crippen molar-refractivity contribution in [3.63, 3.8) is 0 Å². The van der Waals surface area contributed by atoms with Gasteiger partial charge >= 0.3 is 6.18 Å². The van der Waals surface area contributed by atoms with Gasteiger partial charge in [0.15, 0.2) is 5.69 Å². The van der Waals surface area contributed by atoms with Gasteiger partial charge in [-0.25, -0.2) is 9.48 Å². The molecule has 0 radical (unpaired) electrons. The molecule has 0 saturated heterocycles. The second kappa shape index (κ2) is 5.83. The summed E-state index contributed by atoms with van der Waals surface area (Å²) in [6.07, 6.45) is -0.817. The molecule has 4 nitrogen and oxygen atoms in total. The minimum atomic E-state index is -4.52. The third-order valence-corrected chi connectivity index (χ3v) is 4.02. The highest BCUT2D eigenvalue weighted by molar-refractivity contribution is 6.30. The van der Waals surface area contributed by atoms with Crippen molar-refractivity contribution in [1.82, 2.24) is 9.78 Å². The summed E-state index contributed by atoms with van der Waals surface area (Å²) in [6, 6.07) is 4.41. The molecule has 0 atom stereocenters. The van der Waals surface area contributed by atoms with Crippen LogP contribution in [-0.4, -0.2) is 15.9 Å². The third-order valence-electron chi connectivity index (χ3n) is 3.78. The van der Waals surface area contributed by atoms with E-state index < -0.39 is 11.9 Å². The monoisotopic (exact) mass is 341 g/mol. The SMILES string of the molecule is O=C=Nc1cc(Cl)ccc1-n1nc(C(F)(F)F)c2c1CCCC2. The van der Waals surface area contributed by atoms with Crippen molar-refractivity contribution < 1.29 is 18.0 Å². The summed E-state index contributed by atoms with van der Waals surface area (Å²) in [4.78, 5) is 14.1. The van der Waals surface area contributed by atoms with E-state index in [9.17, 15) is 18.0 Å². The summed E-state index contributed by atoms with van der Waals surface area (Å²) >= 11 is 5.86. The lowest BCUT2D eigenvalue weighted by Crippen LogP contribution is -2.11. The van der Waals surface area contributed by atoms with Crippen LogP contribution in [0, 0.1) is 0 Å². The Morgan fingerprint density at radius 2 is 2.00 bits per heavy atom. The van der Waals surface area contributed by atoms with Crippen LogP contribution in [-0.2, 0) is 23.8 Å². The summed E-state index contributed by atoms with van der Waals surface area (Å²) < 4.78 is 40.9. The normalized spacial score (nSPS) is 14.3. The standard InChI is InChI=1S/C15H11ClF3N3O/c16-9-5-6-13(11(7-9)20-8-23)22-12-4-2-1-3-10(12)14(21-22)15(17,18)19/h5-7H,1-4H2. The predicted molar refractivity (Wildman–Crippen MR) is 78.0 cm³/mol. The maximum Gasteiger partial charge on any atom is 0.435 e. The van der Waals surface area contributed by atoms with Gasteiger partial charge < -0.3 is 0 Å². The maximum absolute atomic E-state index is 13.2. The first-order chi connectivity index (χ1) is 10.9. The van der Waals surface area contributed by atoms with Gasteiger partial charge in [-0.2, -0.15) is 23.3 Å². The summed E-state index contributed by atoms with van der Waals surface area (Å²) in [5.41, 5.74) is 0.277. The van der Waals surface area contributed by atoms with E-state index in [4.69, 9.17) is 11.6 Å². The van der Waals surface area contributed by atoms with Gasteiger partial charge in [-0.3, -0.25) is 0 Å². The predicted octanol–water partition coefficient (Wildman–Crippen LogP) is 4.39. The number of halogens is 4. The lowest BCUT2D eigenvalue weighted by atomic mass is 9.95. The van der Waals surface area contributed by atoms with Gasteiger partial charge in [-0.15, -0.1) is 0 Å². The maximum atomic E-state index is 13.2. The largest absolute Gasteiger partial charge is 0.435 e. The van der Waals surface area contributed by atoms with E-state index in [2.05, 4.69) is 10.1 Å². The minimum Gasteiger partial charge on any atom is -0.235 e. The van der Waals surface area contributed by atoms with Crippen molar-refractivity contribution in [2.45, 2.75) is 31.9 Å². The van der Waals surface area contributed by atoms with Gasteiger partial charge in [0.25, 0.3) is 0 Å². The molecule has 0 spiro atoms. The van der Waals surface area contributed by atoms with Gasteiger partial charge in [0.05, 0.1) is 5.69 Å². The molecule has 0 N–H and O–H groups in total. The second-order valence-corrected chi connectivity index (χ2v) is 5.66. The molecule has 1 aromatic carbocycles. The third kappa shape index (κ3) is 2.90. The van der Waals surface area contributed by atoms with Crippen LogP contribution in [0.25, 0.3) is 5.69 Å². The quantitative estimate of drug-likeness (QED) is 0.600. The molecule has 3 rings (SSSR count). The van der Waals surface area contributed by atoms with Crippen molar-refractivity contribution in [3.05, 3.63) is 40.2 Å². The second-order valence-electron chi connectivity index (χ2n) is 5.23. The highest BCUT2D eigenvalue weighted by Crippen LogP contribution is 2.38. The number of hydrogen-bond acceptors (Lipinski definition) is 3. The van der Waals surface area contributed by atoms with Crippen LogP contribution in [0.3, 0.4) is 0 Å². The number of hydrogen-bond donors (Lipinski definition) is 0. The average molecular weight is 342 g/mol. The molecule has 1 aliphatic carbocycles. The smallest absolute Gasteiger partial charge is 0.235 e. The van der Waals surface area contributed by atoms with E-state index in [0.717, 1.165) is 6.42 Å². The first-order valence-electron chi connectivity index (χ1n) is 6.97. The Kier molecular flexibility index (Phi) is 4.00. The lowest BCUT2D eigenvalue weighted by Gasteiger charge is -2.15. The van der Waals surface area contributed by atoms with E-state index in [-0.39, 0.29) is 16.9 Å². The summed E-state index contributed by atoms with van der Waals surface area (Å²) in [7, 11) is 0. The number of benzene rings is 1. The van der Waals surface area contributed by atoms with E-state index in [1.807, 2.05) is 0 Å². The zero-order chi connectivity index (χ0) is 16.6. The van der Waals surface area contributed by atoms with Gasteiger partial charge in [-0.05, 0) is 43.9 Å². The number of alkyl halides is 3. The van der Waals surface area contributed by atoms with Crippen LogP contribution < -0.4 is 0 Å². The van der Waals surface area contributed by atoms with Crippen LogP contribution in [0.5, 0.6) is 0 Å². The zero-order valence-electron chi connectivity index (χ0n) is 11.8. The van der Waals surface area contributed by atoms with Crippen molar-refractivity contribution in [1.29, 1.82) is 0 Å². The number of aliphatic imine (C=N–C) groups is 1. The van der Waals surface area contributed by atoms with Crippen LogP contribution >= 0.6 is 11.6 Å². The van der Waals surface area contributed by atoms with Gasteiger partial charge in [-0.1, -0.05) is 11.6 Å². The highest BCUT2D eigenvalue weighted by atomic mass is 35.5. The Labute approximate surface area is 134 Å². The minimum absolute atomic E-state index is 0.136. The molecule has 120 valence electrons. The molecule has 1 aliphatic rings. The van der Waals surface area contributed by atoms with E-state index in [1.54, 1.807) is 0 Å². The van der Waals surface area contributed by atoms with E-state index >= 15 is 0 Å². The molecule has 8 heteroatoms.